The zero-order chi connectivity index (χ0) is 26.3. The number of fused-ring (bicyclic) bond motifs is 1. The number of carbonyl (C=O) groups excluding carboxylic acids is 1. The van der Waals surface area contributed by atoms with E-state index >= 15 is 0 Å². The minimum absolute atomic E-state index is 0.0401. The number of amides is 1. The van der Waals surface area contributed by atoms with Crippen molar-refractivity contribution in [1.82, 2.24) is 14.3 Å². The molecule has 2 aromatic heterocycles. The Balaban J connectivity index is 1.71. The van der Waals surface area contributed by atoms with E-state index in [1.54, 1.807) is 41.9 Å². The Hall–Kier alpha value is -4.44. The number of aryl methyl sites for hydroxylation is 2. The number of rotatable bonds is 5. The Morgan fingerprint density at radius 1 is 1.19 bits per heavy atom. The smallest absolute Gasteiger partial charge is 0.271 e. The van der Waals surface area contributed by atoms with Crippen molar-refractivity contribution >= 4 is 29.0 Å². The van der Waals surface area contributed by atoms with Crippen molar-refractivity contribution < 1.29 is 14.6 Å². The van der Waals surface area contributed by atoms with Gasteiger partial charge in [-0.1, -0.05) is 35.6 Å². The molecule has 4 aromatic rings. The number of phenolic OH excluding ortho intramolecular Hbond substituents is 1. The van der Waals surface area contributed by atoms with E-state index in [1.807, 2.05) is 38.4 Å². The second-order valence-corrected chi connectivity index (χ2v) is 9.69. The monoisotopic (exact) mass is 515 g/mol. The molecular formula is C27H25N5O4S. The van der Waals surface area contributed by atoms with Gasteiger partial charge in [-0.25, -0.2) is 4.99 Å². The van der Waals surface area contributed by atoms with Crippen LogP contribution in [-0.4, -0.2) is 32.5 Å². The molecule has 2 N–H and O–H groups in total. The molecule has 0 aliphatic carbocycles. The number of hydrogen-bond acceptors (Lipinski definition) is 7. The van der Waals surface area contributed by atoms with Gasteiger partial charge in [0.15, 0.2) is 16.3 Å². The third kappa shape index (κ3) is 4.47. The molecule has 0 saturated heterocycles. The number of para-hydroxylation sites is 1. The molecule has 1 aliphatic heterocycles. The molecule has 3 heterocycles. The molecule has 10 heteroatoms. The SMILES string of the molecule is COc1cc(C2C(C(=O)Nc3ccccc3)=C(C)N=c3sc(=Cc4cn(C)nc4C)c(=O)n32)ccc1O. The van der Waals surface area contributed by atoms with Crippen LogP contribution in [0.15, 0.2) is 75.8 Å². The van der Waals surface area contributed by atoms with Crippen molar-refractivity contribution in [3.63, 3.8) is 0 Å². The first-order valence-electron chi connectivity index (χ1n) is 11.5. The van der Waals surface area contributed by atoms with Gasteiger partial charge >= 0.3 is 0 Å². The van der Waals surface area contributed by atoms with Gasteiger partial charge in [-0.05, 0) is 49.8 Å². The highest BCUT2D eigenvalue weighted by Gasteiger charge is 2.33. The van der Waals surface area contributed by atoms with Crippen LogP contribution in [-0.2, 0) is 11.8 Å². The van der Waals surface area contributed by atoms with Gasteiger partial charge in [-0.3, -0.25) is 18.8 Å². The fourth-order valence-electron chi connectivity index (χ4n) is 4.41. The summed E-state index contributed by atoms with van der Waals surface area (Å²) in [5.74, 6) is -0.174. The van der Waals surface area contributed by atoms with E-state index in [0.717, 1.165) is 11.3 Å². The summed E-state index contributed by atoms with van der Waals surface area (Å²) in [6.45, 7) is 3.64. The summed E-state index contributed by atoms with van der Waals surface area (Å²) in [5, 5.41) is 17.5. The second-order valence-electron chi connectivity index (χ2n) is 8.68. The lowest BCUT2D eigenvalue weighted by atomic mass is 9.94. The molecule has 1 unspecified atom stereocenters. The van der Waals surface area contributed by atoms with Gasteiger partial charge in [0.05, 0.1) is 34.6 Å². The molecule has 2 aromatic carbocycles. The quantitative estimate of drug-likeness (QED) is 0.425. The summed E-state index contributed by atoms with van der Waals surface area (Å²) in [6.07, 6.45) is 3.64. The number of ether oxygens (including phenoxy) is 1. The highest BCUT2D eigenvalue weighted by atomic mass is 32.1. The minimum atomic E-state index is -0.786. The van der Waals surface area contributed by atoms with E-state index in [1.165, 1.54) is 29.1 Å². The van der Waals surface area contributed by atoms with Crippen LogP contribution in [0.4, 0.5) is 5.69 Å². The Bertz CT molecular complexity index is 1730. The first-order valence-corrected chi connectivity index (χ1v) is 12.3. The first kappa shape index (κ1) is 24.3. The van der Waals surface area contributed by atoms with Gasteiger partial charge in [0, 0.05) is 24.5 Å². The van der Waals surface area contributed by atoms with Crippen LogP contribution in [0.25, 0.3) is 6.08 Å². The minimum Gasteiger partial charge on any atom is -0.504 e. The van der Waals surface area contributed by atoms with Gasteiger partial charge in [0.1, 0.15) is 0 Å². The molecular weight excluding hydrogens is 490 g/mol. The predicted molar refractivity (Wildman–Crippen MR) is 141 cm³/mol. The van der Waals surface area contributed by atoms with Crippen molar-refractivity contribution in [3.05, 3.63) is 103 Å². The third-order valence-electron chi connectivity index (χ3n) is 6.16. The van der Waals surface area contributed by atoms with Crippen LogP contribution in [0.3, 0.4) is 0 Å². The van der Waals surface area contributed by atoms with E-state index in [-0.39, 0.29) is 23.0 Å². The third-order valence-corrected chi connectivity index (χ3v) is 7.14. The summed E-state index contributed by atoms with van der Waals surface area (Å²) in [5.41, 5.74) is 3.40. The number of allylic oxidation sites excluding steroid dienone is 1. The molecule has 1 atom stereocenters. The van der Waals surface area contributed by atoms with Crippen LogP contribution >= 0.6 is 11.3 Å². The van der Waals surface area contributed by atoms with Gasteiger partial charge in [0.25, 0.3) is 11.5 Å². The van der Waals surface area contributed by atoms with Gasteiger partial charge in [-0.2, -0.15) is 5.10 Å². The number of aromatic hydroxyl groups is 1. The summed E-state index contributed by atoms with van der Waals surface area (Å²) in [6, 6.07) is 13.1. The molecule has 37 heavy (non-hydrogen) atoms. The summed E-state index contributed by atoms with van der Waals surface area (Å²) in [4.78, 5) is 32.5. The zero-order valence-electron chi connectivity index (χ0n) is 20.7. The Morgan fingerprint density at radius 3 is 2.62 bits per heavy atom. The normalized spacial score (nSPS) is 15.4. The number of carbonyl (C=O) groups is 1. The van der Waals surface area contributed by atoms with Crippen LogP contribution in [0.1, 0.15) is 29.8 Å². The number of nitrogens with zero attached hydrogens (tertiary/aromatic N) is 4. The molecule has 5 rings (SSSR count). The number of methoxy groups -OCH3 is 1. The van der Waals surface area contributed by atoms with Crippen LogP contribution in [0.2, 0.25) is 0 Å². The number of phenols is 1. The van der Waals surface area contributed by atoms with Crippen molar-refractivity contribution in [1.29, 1.82) is 0 Å². The number of benzene rings is 2. The zero-order valence-corrected chi connectivity index (χ0v) is 21.5. The largest absolute Gasteiger partial charge is 0.504 e. The highest BCUT2D eigenvalue weighted by molar-refractivity contribution is 7.07. The summed E-state index contributed by atoms with van der Waals surface area (Å²) < 4.78 is 9.02. The molecule has 0 bridgehead atoms. The lowest BCUT2D eigenvalue weighted by Crippen LogP contribution is -2.40. The maximum atomic E-state index is 13.8. The maximum absolute atomic E-state index is 13.8. The van der Waals surface area contributed by atoms with Crippen LogP contribution in [0.5, 0.6) is 11.5 Å². The van der Waals surface area contributed by atoms with E-state index < -0.39 is 6.04 Å². The van der Waals surface area contributed by atoms with Crippen molar-refractivity contribution in [2.75, 3.05) is 12.4 Å². The Kier molecular flexibility index (Phi) is 6.26. The molecule has 9 nitrogen and oxygen atoms in total. The second kappa shape index (κ2) is 9.55. The van der Waals surface area contributed by atoms with Gasteiger partial charge in [0.2, 0.25) is 0 Å². The van der Waals surface area contributed by atoms with Gasteiger partial charge in [-0.15, -0.1) is 0 Å². The fraction of sp³-hybridized carbons (Fsp3) is 0.185. The molecule has 0 fully saturated rings. The maximum Gasteiger partial charge on any atom is 0.271 e. The molecule has 0 radical (unpaired) electrons. The van der Waals surface area contributed by atoms with E-state index in [9.17, 15) is 14.7 Å². The van der Waals surface area contributed by atoms with Crippen LogP contribution < -0.4 is 24.9 Å². The standard InChI is InChI=1S/C27H25N5O4S/c1-15-18(14-31(3)30-15)13-22-26(35)32-24(17-10-11-20(33)21(12-17)36-4)23(16(2)28-27(32)37-22)25(34)29-19-8-6-5-7-9-19/h5-14,24,33H,1-4H3,(H,29,34). The van der Waals surface area contributed by atoms with E-state index in [2.05, 4.69) is 15.4 Å². The van der Waals surface area contributed by atoms with Crippen molar-refractivity contribution in [3.8, 4) is 11.5 Å². The van der Waals surface area contributed by atoms with E-state index in [4.69, 9.17) is 4.74 Å². The lowest BCUT2D eigenvalue weighted by molar-refractivity contribution is -0.113. The summed E-state index contributed by atoms with van der Waals surface area (Å²) >= 11 is 1.25. The topological polar surface area (TPSA) is 111 Å². The molecule has 188 valence electrons. The number of nitrogens with one attached hydrogen (secondary N) is 1. The predicted octanol–water partition coefficient (Wildman–Crippen LogP) is 2.63. The van der Waals surface area contributed by atoms with Gasteiger partial charge < -0.3 is 15.2 Å². The molecule has 1 aliphatic rings. The molecule has 0 saturated carbocycles. The Labute approximate surface area is 216 Å². The van der Waals surface area contributed by atoms with Crippen molar-refractivity contribution in [2.24, 2.45) is 12.0 Å². The highest BCUT2D eigenvalue weighted by Crippen LogP contribution is 2.35. The Morgan fingerprint density at radius 2 is 1.95 bits per heavy atom. The molecule has 1 amide bonds. The number of hydrogen-bond donors (Lipinski definition) is 2. The van der Waals surface area contributed by atoms with E-state index in [0.29, 0.717) is 31.9 Å². The number of thiazole rings is 1. The lowest BCUT2D eigenvalue weighted by Gasteiger charge is -2.25. The number of anilines is 1. The number of aromatic nitrogens is 3. The molecule has 0 spiro atoms. The first-order chi connectivity index (χ1) is 17.8. The van der Waals surface area contributed by atoms with Crippen LogP contribution in [0, 0.1) is 6.92 Å². The fourth-order valence-corrected chi connectivity index (χ4v) is 5.45. The average Bonchev–Trinajstić information content (AvgIpc) is 3.35. The average molecular weight is 516 g/mol. The summed E-state index contributed by atoms with van der Waals surface area (Å²) in [7, 11) is 3.27. The van der Waals surface area contributed by atoms with Crippen molar-refractivity contribution in [2.45, 2.75) is 19.9 Å².